The molecule has 0 unspecified atom stereocenters. The van der Waals surface area contributed by atoms with Crippen molar-refractivity contribution in [3.8, 4) is 12.3 Å². The molecule has 0 radical (unpaired) electrons. The molecule has 0 N–H and O–H groups in total. The molecule has 1 saturated heterocycles. The van der Waals surface area contributed by atoms with Gasteiger partial charge >= 0.3 is 0 Å². The zero-order valence-electron chi connectivity index (χ0n) is 9.67. The molecule has 0 aliphatic carbocycles. The lowest BCUT2D eigenvalue weighted by molar-refractivity contribution is 0.104. The van der Waals surface area contributed by atoms with Crippen molar-refractivity contribution >= 4 is 0 Å². The van der Waals surface area contributed by atoms with E-state index in [1.54, 1.807) is 0 Å². The van der Waals surface area contributed by atoms with Gasteiger partial charge in [-0.05, 0) is 5.56 Å². The summed E-state index contributed by atoms with van der Waals surface area (Å²) in [5.74, 6) is 2.42. The molecule has 1 aromatic rings. The van der Waals surface area contributed by atoms with Gasteiger partial charge in [-0.3, -0.25) is 0 Å². The van der Waals surface area contributed by atoms with Gasteiger partial charge in [0.25, 0.3) is 0 Å². The van der Waals surface area contributed by atoms with E-state index in [1.807, 2.05) is 30.3 Å². The minimum absolute atomic E-state index is 0.152. The van der Waals surface area contributed by atoms with Crippen LogP contribution in [0.2, 0.25) is 0 Å². The summed E-state index contributed by atoms with van der Waals surface area (Å²) >= 11 is 0. The maximum absolute atomic E-state index is 5.56. The zero-order chi connectivity index (χ0) is 11.9. The van der Waals surface area contributed by atoms with Crippen molar-refractivity contribution in [2.75, 3.05) is 19.8 Å². The Bertz CT molecular complexity index is 369. The molecule has 0 saturated carbocycles. The molecule has 1 aliphatic heterocycles. The fraction of sp³-hybridized carbons (Fsp3) is 0.429. The number of ether oxygens (including phenoxy) is 3. The Morgan fingerprint density at radius 2 is 1.82 bits per heavy atom. The largest absolute Gasteiger partial charge is 0.374 e. The second-order valence-corrected chi connectivity index (χ2v) is 3.93. The Morgan fingerprint density at radius 3 is 2.53 bits per heavy atom. The fourth-order valence-electron chi connectivity index (χ4n) is 1.57. The number of epoxide rings is 1. The van der Waals surface area contributed by atoms with Gasteiger partial charge in [0.1, 0.15) is 18.8 Å². The van der Waals surface area contributed by atoms with E-state index in [4.69, 9.17) is 20.6 Å². The first kappa shape index (κ1) is 12.1. The second kappa shape index (κ2) is 6.41. The standard InChI is InChI=1S/C14H16O3/c1-2-8-15-10-13-14(17-13)11-16-9-12-6-4-3-5-7-12/h1,3-7,13-14H,8-11H2/t13-,14+/m0/s1. The van der Waals surface area contributed by atoms with Crippen LogP contribution in [0, 0.1) is 12.3 Å². The summed E-state index contributed by atoms with van der Waals surface area (Å²) in [6.45, 7) is 2.14. The highest BCUT2D eigenvalue weighted by Crippen LogP contribution is 2.22. The van der Waals surface area contributed by atoms with E-state index in [0.29, 0.717) is 26.4 Å². The summed E-state index contributed by atoms with van der Waals surface area (Å²) in [4.78, 5) is 0. The molecule has 1 aromatic carbocycles. The van der Waals surface area contributed by atoms with Crippen LogP contribution in [-0.4, -0.2) is 32.0 Å². The minimum Gasteiger partial charge on any atom is -0.374 e. The lowest BCUT2D eigenvalue weighted by atomic mass is 10.2. The molecule has 0 aromatic heterocycles. The number of benzene rings is 1. The smallest absolute Gasteiger partial charge is 0.110 e. The molecule has 2 atom stereocenters. The summed E-state index contributed by atoms with van der Waals surface area (Å²) in [6.07, 6.45) is 5.39. The molecule has 0 spiro atoms. The molecule has 90 valence electrons. The lowest BCUT2D eigenvalue weighted by Gasteiger charge is -2.01. The molecule has 0 bridgehead atoms. The van der Waals surface area contributed by atoms with Gasteiger partial charge < -0.3 is 14.2 Å². The first-order valence-corrected chi connectivity index (χ1v) is 5.68. The van der Waals surface area contributed by atoms with Crippen molar-refractivity contribution in [1.29, 1.82) is 0 Å². The highest BCUT2D eigenvalue weighted by molar-refractivity contribution is 5.13. The number of hydrogen-bond donors (Lipinski definition) is 0. The maximum atomic E-state index is 5.56. The Labute approximate surface area is 102 Å². The Hall–Kier alpha value is -1.34. The molecule has 1 aliphatic rings. The van der Waals surface area contributed by atoms with Gasteiger partial charge in [-0.2, -0.15) is 0 Å². The average molecular weight is 232 g/mol. The van der Waals surface area contributed by atoms with Crippen molar-refractivity contribution in [3.05, 3.63) is 35.9 Å². The Kier molecular flexibility index (Phi) is 4.57. The van der Waals surface area contributed by atoms with Gasteiger partial charge in [0, 0.05) is 0 Å². The Balaban J connectivity index is 1.55. The van der Waals surface area contributed by atoms with Crippen LogP contribution in [0.15, 0.2) is 30.3 Å². The van der Waals surface area contributed by atoms with E-state index in [-0.39, 0.29) is 12.2 Å². The van der Waals surface area contributed by atoms with E-state index in [0.717, 1.165) is 0 Å². The fourth-order valence-corrected chi connectivity index (χ4v) is 1.57. The van der Waals surface area contributed by atoms with Crippen LogP contribution in [0.1, 0.15) is 5.56 Å². The van der Waals surface area contributed by atoms with E-state index in [1.165, 1.54) is 5.56 Å². The van der Waals surface area contributed by atoms with E-state index >= 15 is 0 Å². The first-order chi connectivity index (χ1) is 8.40. The van der Waals surface area contributed by atoms with E-state index < -0.39 is 0 Å². The molecule has 1 heterocycles. The SMILES string of the molecule is C#CCOC[C@@H]1O[C@@H]1COCc1ccccc1. The summed E-state index contributed by atoms with van der Waals surface area (Å²) in [7, 11) is 0. The van der Waals surface area contributed by atoms with Gasteiger partial charge in [-0.15, -0.1) is 6.42 Å². The van der Waals surface area contributed by atoms with Crippen LogP contribution in [0.3, 0.4) is 0 Å². The highest BCUT2D eigenvalue weighted by atomic mass is 16.6. The van der Waals surface area contributed by atoms with Crippen LogP contribution in [0.5, 0.6) is 0 Å². The molecular formula is C14H16O3. The lowest BCUT2D eigenvalue weighted by Crippen LogP contribution is -2.09. The third kappa shape index (κ3) is 4.20. The predicted octanol–water partition coefficient (Wildman–Crippen LogP) is 1.62. The predicted molar refractivity (Wildman–Crippen MR) is 64.4 cm³/mol. The molecule has 17 heavy (non-hydrogen) atoms. The zero-order valence-corrected chi connectivity index (χ0v) is 9.67. The molecular weight excluding hydrogens is 216 g/mol. The van der Waals surface area contributed by atoms with Crippen molar-refractivity contribution in [3.63, 3.8) is 0 Å². The Morgan fingerprint density at radius 1 is 1.12 bits per heavy atom. The van der Waals surface area contributed by atoms with Gasteiger partial charge in [-0.25, -0.2) is 0 Å². The van der Waals surface area contributed by atoms with Crippen LogP contribution >= 0.6 is 0 Å². The van der Waals surface area contributed by atoms with E-state index in [9.17, 15) is 0 Å². The third-order valence-electron chi connectivity index (χ3n) is 2.55. The van der Waals surface area contributed by atoms with Crippen molar-refractivity contribution in [1.82, 2.24) is 0 Å². The number of rotatable bonds is 7. The highest BCUT2D eigenvalue weighted by Gasteiger charge is 2.38. The van der Waals surface area contributed by atoms with Crippen LogP contribution in [0.4, 0.5) is 0 Å². The summed E-state index contributed by atoms with van der Waals surface area (Å²) in [6, 6.07) is 10.1. The first-order valence-electron chi connectivity index (χ1n) is 5.68. The second-order valence-electron chi connectivity index (χ2n) is 3.93. The third-order valence-corrected chi connectivity index (χ3v) is 2.55. The molecule has 1 fully saturated rings. The van der Waals surface area contributed by atoms with Crippen LogP contribution in [0.25, 0.3) is 0 Å². The van der Waals surface area contributed by atoms with Crippen molar-refractivity contribution in [2.24, 2.45) is 0 Å². The average Bonchev–Trinajstić information content (AvgIpc) is 3.10. The topological polar surface area (TPSA) is 31.0 Å². The van der Waals surface area contributed by atoms with Gasteiger partial charge in [0.15, 0.2) is 0 Å². The van der Waals surface area contributed by atoms with Crippen LogP contribution in [-0.2, 0) is 20.8 Å². The van der Waals surface area contributed by atoms with Crippen molar-refractivity contribution in [2.45, 2.75) is 18.8 Å². The summed E-state index contributed by atoms with van der Waals surface area (Å²) < 4.78 is 16.1. The minimum atomic E-state index is 0.152. The van der Waals surface area contributed by atoms with Gasteiger partial charge in [0.05, 0.1) is 19.8 Å². The molecule has 2 rings (SSSR count). The summed E-state index contributed by atoms with van der Waals surface area (Å²) in [5.41, 5.74) is 1.17. The molecule has 3 nitrogen and oxygen atoms in total. The number of hydrogen-bond acceptors (Lipinski definition) is 3. The van der Waals surface area contributed by atoms with Crippen molar-refractivity contribution < 1.29 is 14.2 Å². The van der Waals surface area contributed by atoms with Crippen LogP contribution < -0.4 is 0 Å². The molecule has 3 heteroatoms. The van der Waals surface area contributed by atoms with Gasteiger partial charge in [-0.1, -0.05) is 36.3 Å². The normalized spacial score (nSPS) is 22.1. The van der Waals surface area contributed by atoms with Gasteiger partial charge in [0.2, 0.25) is 0 Å². The summed E-state index contributed by atoms with van der Waals surface area (Å²) in [5, 5.41) is 0. The van der Waals surface area contributed by atoms with E-state index in [2.05, 4.69) is 5.92 Å². The maximum Gasteiger partial charge on any atom is 0.110 e. The quantitative estimate of drug-likeness (QED) is 0.406. The monoisotopic (exact) mass is 232 g/mol. The number of terminal acetylenes is 1. The molecule has 0 amide bonds.